The van der Waals surface area contributed by atoms with Crippen molar-refractivity contribution in [3.05, 3.63) is 65.0 Å². The van der Waals surface area contributed by atoms with E-state index in [2.05, 4.69) is 5.32 Å². The number of amides is 1. The molecule has 0 bridgehead atoms. The molecule has 3 rings (SSSR count). The van der Waals surface area contributed by atoms with Crippen molar-refractivity contribution in [3.8, 4) is 6.07 Å². The van der Waals surface area contributed by atoms with Crippen LogP contribution in [-0.4, -0.2) is 31.2 Å². The van der Waals surface area contributed by atoms with Crippen molar-refractivity contribution in [2.75, 3.05) is 6.54 Å². The van der Waals surface area contributed by atoms with Gasteiger partial charge in [-0.25, -0.2) is 12.8 Å². The van der Waals surface area contributed by atoms with Gasteiger partial charge in [-0.15, -0.1) is 0 Å². The van der Waals surface area contributed by atoms with Gasteiger partial charge in [0.2, 0.25) is 15.9 Å². The topological polar surface area (TPSA) is 90.3 Å². The maximum atomic E-state index is 13.6. The zero-order valence-corrected chi connectivity index (χ0v) is 16.2. The molecule has 0 heterocycles. The number of aryl methyl sites for hydroxylation is 1. The van der Waals surface area contributed by atoms with E-state index in [0.29, 0.717) is 29.5 Å². The lowest BCUT2D eigenvalue weighted by atomic mass is 10.1. The van der Waals surface area contributed by atoms with E-state index < -0.39 is 15.9 Å². The van der Waals surface area contributed by atoms with Gasteiger partial charge in [0.25, 0.3) is 0 Å². The van der Waals surface area contributed by atoms with Gasteiger partial charge in [-0.3, -0.25) is 4.79 Å². The van der Waals surface area contributed by atoms with E-state index >= 15 is 0 Å². The van der Waals surface area contributed by atoms with Crippen molar-refractivity contribution < 1.29 is 17.6 Å². The third-order valence-electron chi connectivity index (χ3n) is 4.57. The van der Waals surface area contributed by atoms with Crippen molar-refractivity contribution in [1.82, 2.24) is 9.62 Å². The third-order valence-corrected chi connectivity index (χ3v) is 6.48. The highest BCUT2D eigenvalue weighted by Gasteiger charge is 2.39. The predicted octanol–water partition coefficient (Wildman–Crippen LogP) is 2.48. The molecule has 1 saturated carbocycles. The highest BCUT2D eigenvalue weighted by atomic mass is 32.2. The molecule has 146 valence electrons. The number of benzene rings is 2. The molecule has 6 nitrogen and oxygen atoms in total. The van der Waals surface area contributed by atoms with E-state index in [1.165, 1.54) is 34.6 Å². The molecule has 0 saturated heterocycles. The average molecular weight is 401 g/mol. The first-order valence-corrected chi connectivity index (χ1v) is 10.3. The summed E-state index contributed by atoms with van der Waals surface area (Å²) in [4.78, 5) is 12.4. The van der Waals surface area contributed by atoms with Gasteiger partial charge in [-0.05, 0) is 61.2 Å². The largest absolute Gasteiger partial charge is 0.351 e. The summed E-state index contributed by atoms with van der Waals surface area (Å²) in [6.07, 6.45) is 1.40. The second kappa shape index (κ2) is 8.09. The lowest BCUT2D eigenvalue weighted by Crippen LogP contribution is -2.41. The number of nitriles is 1. The molecule has 1 aliphatic rings. The second-order valence-corrected chi connectivity index (χ2v) is 8.67. The number of rotatable bonds is 7. The molecule has 8 heteroatoms. The normalized spacial score (nSPS) is 13.9. The van der Waals surface area contributed by atoms with Crippen molar-refractivity contribution in [2.24, 2.45) is 0 Å². The highest BCUT2D eigenvalue weighted by molar-refractivity contribution is 7.89. The first kappa shape index (κ1) is 20.0. The van der Waals surface area contributed by atoms with Gasteiger partial charge in [0.15, 0.2) is 0 Å². The first-order chi connectivity index (χ1) is 13.3. The maximum Gasteiger partial charge on any atom is 0.243 e. The zero-order valence-electron chi connectivity index (χ0n) is 15.4. The number of carbonyl (C=O) groups excluding carboxylic acids is 1. The summed E-state index contributed by atoms with van der Waals surface area (Å²) >= 11 is 0. The van der Waals surface area contributed by atoms with Crippen LogP contribution in [0.4, 0.5) is 4.39 Å². The van der Waals surface area contributed by atoms with E-state index in [-0.39, 0.29) is 29.8 Å². The molecular weight excluding hydrogens is 381 g/mol. The minimum absolute atomic E-state index is 0.0480. The molecule has 0 aliphatic heterocycles. The SMILES string of the molecule is Cc1ccc(CNC(=O)CN(C2CC2)S(=O)(=O)c2ccc(C#N)cc2)cc1F. The fourth-order valence-electron chi connectivity index (χ4n) is 2.75. The molecule has 0 radical (unpaired) electrons. The molecule has 1 N–H and O–H groups in total. The summed E-state index contributed by atoms with van der Waals surface area (Å²) in [5.41, 5.74) is 1.48. The Bertz CT molecular complexity index is 1030. The van der Waals surface area contributed by atoms with Crippen LogP contribution in [-0.2, 0) is 21.4 Å². The van der Waals surface area contributed by atoms with E-state index in [1.807, 2.05) is 6.07 Å². The van der Waals surface area contributed by atoms with E-state index in [0.717, 1.165) is 0 Å². The maximum absolute atomic E-state index is 13.6. The summed E-state index contributed by atoms with van der Waals surface area (Å²) in [5, 5.41) is 11.5. The number of sulfonamides is 1. The van der Waals surface area contributed by atoms with Gasteiger partial charge in [-0.1, -0.05) is 12.1 Å². The van der Waals surface area contributed by atoms with Crippen LogP contribution < -0.4 is 5.32 Å². The monoisotopic (exact) mass is 401 g/mol. The standard InChI is InChI=1S/C20H20FN3O3S/c1-14-2-3-16(10-19(14)21)12-23-20(25)13-24(17-6-7-17)28(26,27)18-8-4-15(11-22)5-9-18/h2-5,8-10,17H,6-7,12-13H2,1H3,(H,23,25). The van der Waals surface area contributed by atoms with E-state index in [4.69, 9.17) is 5.26 Å². The van der Waals surface area contributed by atoms with Gasteiger partial charge < -0.3 is 5.32 Å². The summed E-state index contributed by atoms with van der Waals surface area (Å²) in [6, 6.07) is 12.0. The van der Waals surface area contributed by atoms with Gasteiger partial charge >= 0.3 is 0 Å². The average Bonchev–Trinajstić information content (AvgIpc) is 3.52. The molecule has 1 amide bonds. The molecule has 0 atom stereocenters. The third kappa shape index (κ3) is 4.55. The number of hydrogen-bond donors (Lipinski definition) is 1. The van der Waals surface area contributed by atoms with Crippen LogP contribution in [0.25, 0.3) is 0 Å². The van der Waals surface area contributed by atoms with Gasteiger partial charge in [0, 0.05) is 12.6 Å². The minimum atomic E-state index is -3.85. The first-order valence-electron chi connectivity index (χ1n) is 8.85. The lowest BCUT2D eigenvalue weighted by molar-refractivity contribution is -0.121. The van der Waals surface area contributed by atoms with Gasteiger partial charge in [0.1, 0.15) is 5.82 Å². The van der Waals surface area contributed by atoms with E-state index in [9.17, 15) is 17.6 Å². The lowest BCUT2D eigenvalue weighted by Gasteiger charge is -2.21. The van der Waals surface area contributed by atoms with E-state index in [1.54, 1.807) is 19.1 Å². The fourth-order valence-corrected chi connectivity index (χ4v) is 4.40. The smallest absolute Gasteiger partial charge is 0.243 e. The van der Waals surface area contributed by atoms with Crippen LogP contribution in [0.3, 0.4) is 0 Å². The van der Waals surface area contributed by atoms with Crippen LogP contribution in [0.5, 0.6) is 0 Å². The number of halogens is 1. The summed E-state index contributed by atoms with van der Waals surface area (Å²) in [6.45, 7) is 1.46. The molecule has 0 aromatic heterocycles. The Labute approximate surface area is 163 Å². The molecule has 28 heavy (non-hydrogen) atoms. The van der Waals surface area contributed by atoms with Crippen LogP contribution in [0.15, 0.2) is 47.4 Å². The fraction of sp³-hybridized carbons (Fsp3) is 0.300. The quantitative estimate of drug-likeness (QED) is 0.772. The van der Waals surface area contributed by atoms with Crippen LogP contribution in [0.2, 0.25) is 0 Å². The number of carbonyl (C=O) groups is 1. The molecule has 1 fully saturated rings. The Morgan fingerprint density at radius 1 is 1.25 bits per heavy atom. The van der Waals surface area contributed by atoms with Crippen LogP contribution in [0, 0.1) is 24.1 Å². The van der Waals surface area contributed by atoms with Gasteiger partial charge in [-0.2, -0.15) is 9.57 Å². The summed E-state index contributed by atoms with van der Waals surface area (Å²) in [5.74, 6) is -0.806. The highest BCUT2D eigenvalue weighted by Crippen LogP contribution is 2.31. The Kier molecular flexibility index (Phi) is 5.77. The second-order valence-electron chi connectivity index (χ2n) is 6.78. The number of nitrogens with zero attached hydrogens (tertiary/aromatic N) is 2. The van der Waals surface area contributed by atoms with Crippen molar-refractivity contribution in [1.29, 1.82) is 5.26 Å². The summed E-state index contributed by atoms with van der Waals surface area (Å²) < 4.78 is 40.6. The molecular formula is C20H20FN3O3S. The van der Waals surface area contributed by atoms with Crippen LogP contribution >= 0.6 is 0 Å². The predicted molar refractivity (Wildman–Crippen MR) is 101 cm³/mol. The van der Waals surface area contributed by atoms with Crippen molar-refractivity contribution >= 4 is 15.9 Å². The van der Waals surface area contributed by atoms with Gasteiger partial charge in [0.05, 0.1) is 23.1 Å². The van der Waals surface area contributed by atoms with Crippen LogP contribution in [0.1, 0.15) is 29.5 Å². The molecule has 0 spiro atoms. The molecule has 0 unspecified atom stereocenters. The Balaban J connectivity index is 1.69. The molecule has 1 aliphatic carbocycles. The number of nitrogens with one attached hydrogen (secondary N) is 1. The zero-order chi connectivity index (χ0) is 20.3. The molecule has 2 aromatic carbocycles. The Morgan fingerprint density at radius 3 is 2.50 bits per heavy atom. The molecule has 2 aromatic rings. The van der Waals surface area contributed by atoms with Crippen molar-refractivity contribution in [2.45, 2.75) is 37.2 Å². The minimum Gasteiger partial charge on any atom is -0.351 e. The summed E-state index contributed by atoms with van der Waals surface area (Å²) in [7, 11) is -3.85. The van der Waals surface area contributed by atoms with Crippen molar-refractivity contribution in [3.63, 3.8) is 0 Å². The Morgan fingerprint density at radius 2 is 1.93 bits per heavy atom. The number of hydrogen-bond acceptors (Lipinski definition) is 4. The Hall–Kier alpha value is -2.76.